The van der Waals surface area contributed by atoms with Crippen LogP contribution < -0.4 is 5.73 Å². The number of carbonyl (C=O) groups is 2. The summed E-state index contributed by atoms with van der Waals surface area (Å²) in [7, 11) is 0. The lowest BCUT2D eigenvalue weighted by molar-refractivity contribution is -0.164. The zero-order chi connectivity index (χ0) is 20.4. The van der Waals surface area contributed by atoms with Crippen molar-refractivity contribution >= 4 is 24.1 Å². The Hall–Kier alpha value is -3.18. The Morgan fingerprint density at radius 3 is 1.75 bits per heavy atom. The number of nitrogens with two attached hydrogens (primary N) is 1. The summed E-state index contributed by atoms with van der Waals surface area (Å²) in [6, 6.07) is 14.9. The second-order valence-corrected chi connectivity index (χ2v) is 6.24. The minimum atomic E-state index is -1.05. The smallest absolute Gasteiger partial charge is 0.320 e. The molecule has 5 nitrogen and oxygen atoms in total. The Balaban J connectivity index is 1.95. The molecular formula is C23H25NO4. The van der Waals surface area contributed by atoms with E-state index < -0.39 is 17.9 Å². The Bertz CT molecular complexity index is 777. The first kappa shape index (κ1) is 21.1. The van der Waals surface area contributed by atoms with Gasteiger partial charge in [0.2, 0.25) is 0 Å². The number of ether oxygens (including phenoxy) is 2. The number of hydrogen-bond acceptors (Lipinski definition) is 5. The molecule has 2 N–H and O–H groups in total. The highest BCUT2D eigenvalue weighted by atomic mass is 16.6. The van der Waals surface area contributed by atoms with Gasteiger partial charge in [0.1, 0.15) is 13.2 Å². The molecule has 28 heavy (non-hydrogen) atoms. The summed E-state index contributed by atoms with van der Waals surface area (Å²) in [6.07, 6.45) is 3.58. The molecule has 146 valence electrons. The molecule has 0 bridgehead atoms. The van der Waals surface area contributed by atoms with Crippen LogP contribution in [0.4, 0.5) is 0 Å². The van der Waals surface area contributed by atoms with E-state index in [9.17, 15) is 9.59 Å². The summed E-state index contributed by atoms with van der Waals surface area (Å²) < 4.78 is 10.6. The molecule has 0 amide bonds. The number of carbonyl (C=O) groups excluding carboxylic acids is 2. The molecule has 0 saturated carbocycles. The van der Waals surface area contributed by atoms with Crippen LogP contribution in [0.3, 0.4) is 0 Å². The van der Waals surface area contributed by atoms with Crippen molar-refractivity contribution in [3.8, 4) is 0 Å². The summed E-state index contributed by atoms with van der Waals surface area (Å²) in [5.41, 5.74) is 9.03. The third kappa shape index (κ3) is 6.21. The van der Waals surface area contributed by atoms with E-state index in [1.54, 1.807) is 12.2 Å². The van der Waals surface area contributed by atoms with Gasteiger partial charge in [-0.15, -0.1) is 0 Å². The van der Waals surface area contributed by atoms with Crippen molar-refractivity contribution in [3.63, 3.8) is 0 Å². The molecule has 2 rings (SSSR count). The zero-order valence-electron chi connectivity index (χ0n) is 15.8. The van der Waals surface area contributed by atoms with Crippen LogP contribution >= 0.6 is 0 Å². The number of hydrogen-bond donors (Lipinski definition) is 1. The monoisotopic (exact) mass is 379 g/mol. The van der Waals surface area contributed by atoms with E-state index >= 15 is 0 Å². The third-order valence-electron chi connectivity index (χ3n) is 4.16. The summed E-state index contributed by atoms with van der Waals surface area (Å²) in [5, 5.41) is 0. The van der Waals surface area contributed by atoms with Gasteiger partial charge in [-0.05, 0) is 47.4 Å². The average Bonchev–Trinajstić information content (AvgIpc) is 2.74. The van der Waals surface area contributed by atoms with E-state index in [0.29, 0.717) is 0 Å². The van der Waals surface area contributed by atoms with Crippen LogP contribution in [-0.4, -0.2) is 18.5 Å². The largest absolute Gasteiger partial charge is 0.460 e. The number of esters is 2. The first-order valence-corrected chi connectivity index (χ1v) is 9.03. The maximum absolute atomic E-state index is 12.4. The molecule has 0 atom stereocenters. The zero-order valence-corrected chi connectivity index (χ0v) is 15.8. The van der Waals surface area contributed by atoms with E-state index in [1.165, 1.54) is 0 Å². The molecule has 0 spiro atoms. The number of benzene rings is 2. The predicted molar refractivity (Wildman–Crippen MR) is 110 cm³/mol. The van der Waals surface area contributed by atoms with Crippen LogP contribution in [0.25, 0.3) is 12.2 Å². The lowest BCUT2D eigenvalue weighted by Crippen LogP contribution is -2.30. The summed E-state index contributed by atoms with van der Waals surface area (Å²) in [4.78, 5) is 24.8. The van der Waals surface area contributed by atoms with Crippen molar-refractivity contribution in [2.24, 2.45) is 11.7 Å². The third-order valence-corrected chi connectivity index (χ3v) is 4.16. The van der Waals surface area contributed by atoms with Gasteiger partial charge in [0, 0.05) is 0 Å². The van der Waals surface area contributed by atoms with Gasteiger partial charge in [-0.25, -0.2) is 0 Å². The molecule has 0 fully saturated rings. The fourth-order valence-electron chi connectivity index (χ4n) is 2.63. The van der Waals surface area contributed by atoms with Crippen LogP contribution in [0, 0.1) is 5.92 Å². The molecular weight excluding hydrogens is 354 g/mol. The van der Waals surface area contributed by atoms with Crippen molar-refractivity contribution < 1.29 is 19.1 Å². The molecule has 2 aromatic rings. The first-order chi connectivity index (χ1) is 13.6. The Labute approximate surface area is 165 Å². The second-order valence-electron chi connectivity index (χ2n) is 6.24. The van der Waals surface area contributed by atoms with E-state index in [4.69, 9.17) is 15.2 Å². The number of rotatable bonds is 10. The highest BCUT2D eigenvalue weighted by Crippen LogP contribution is 2.14. The van der Waals surface area contributed by atoms with E-state index in [2.05, 4.69) is 13.2 Å². The van der Waals surface area contributed by atoms with E-state index in [0.717, 1.165) is 22.3 Å². The molecule has 5 heteroatoms. The Morgan fingerprint density at radius 2 is 1.36 bits per heavy atom. The molecule has 0 aromatic heterocycles. The van der Waals surface area contributed by atoms with Gasteiger partial charge in [0.15, 0.2) is 5.92 Å². The van der Waals surface area contributed by atoms with Crippen molar-refractivity contribution in [2.75, 3.05) is 6.54 Å². The van der Waals surface area contributed by atoms with Gasteiger partial charge in [0.25, 0.3) is 0 Å². The molecule has 0 saturated heterocycles. The van der Waals surface area contributed by atoms with Gasteiger partial charge in [0.05, 0.1) is 0 Å². The topological polar surface area (TPSA) is 78.6 Å². The predicted octanol–water partition coefficient (Wildman–Crippen LogP) is 3.72. The summed E-state index contributed by atoms with van der Waals surface area (Å²) in [6.45, 7) is 7.73. The SMILES string of the molecule is C=Cc1cccc(COC(=O)C(CCN)C(=O)OCc2cccc(C=C)c2)c1. The fraction of sp³-hybridized carbons (Fsp3) is 0.217. The Kier molecular flexibility index (Phi) is 8.18. The van der Waals surface area contributed by atoms with Crippen molar-refractivity contribution in [2.45, 2.75) is 19.6 Å². The quantitative estimate of drug-likeness (QED) is 0.503. The molecule has 0 aliphatic carbocycles. The van der Waals surface area contributed by atoms with E-state index in [-0.39, 0.29) is 26.2 Å². The van der Waals surface area contributed by atoms with Crippen molar-refractivity contribution in [1.82, 2.24) is 0 Å². The molecule has 0 aliphatic rings. The first-order valence-electron chi connectivity index (χ1n) is 9.03. The molecule has 0 unspecified atom stereocenters. The highest BCUT2D eigenvalue weighted by molar-refractivity contribution is 5.94. The minimum absolute atomic E-state index is 0.0657. The molecule has 0 aliphatic heterocycles. The van der Waals surface area contributed by atoms with Gasteiger partial charge in [-0.2, -0.15) is 0 Å². The molecule has 0 heterocycles. The van der Waals surface area contributed by atoms with Crippen LogP contribution in [-0.2, 0) is 32.3 Å². The normalized spacial score (nSPS) is 10.4. The summed E-state index contributed by atoms with van der Waals surface area (Å²) >= 11 is 0. The molecule has 0 radical (unpaired) electrons. The van der Waals surface area contributed by atoms with E-state index in [1.807, 2.05) is 48.5 Å². The van der Waals surface area contributed by atoms with Crippen LogP contribution in [0.1, 0.15) is 28.7 Å². The van der Waals surface area contributed by atoms with Crippen molar-refractivity contribution in [1.29, 1.82) is 0 Å². The lowest BCUT2D eigenvalue weighted by atomic mass is 10.1. The summed E-state index contributed by atoms with van der Waals surface area (Å²) in [5.74, 6) is -2.33. The maximum Gasteiger partial charge on any atom is 0.320 e. The Morgan fingerprint density at radius 1 is 0.893 bits per heavy atom. The average molecular weight is 379 g/mol. The van der Waals surface area contributed by atoms with Gasteiger partial charge >= 0.3 is 11.9 Å². The van der Waals surface area contributed by atoms with Crippen LogP contribution in [0.15, 0.2) is 61.7 Å². The van der Waals surface area contributed by atoms with Gasteiger partial charge < -0.3 is 15.2 Å². The minimum Gasteiger partial charge on any atom is -0.460 e. The second kappa shape index (κ2) is 10.8. The van der Waals surface area contributed by atoms with Crippen LogP contribution in [0.2, 0.25) is 0 Å². The molecule has 2 aromatic carbocycles. The van der Waals surface area contributed by atoms with Crippen molar-refractivity contribution in [3.05, 3.63) is 83.9 Å². The van der Waals surface area contributed by atoms with Gasteiger partial charge in [-0.1, -0.05) is 61.7 Å². The standard InChI is InChI=1S/C23H25NO4/c1-3-17-7-5-9-19(13-17)15-27-22(25)21(11-12-24)23(26)28-16-20-10-6-8-18(4-2)14-20/h3-10,13-14,21H,1-2,11-12,15-16,24H2. The van der Waals surface area contributed by atoms with Gasteiger partial charge in [-0.3, -0.25) is 9.59 Å². The van der Waals surface area contributed by atoms with Crippen LogP contribution in [0.5, 0.6) is 0 Å². The maximum atomic E-state index is 12.4. The lowest BCUT2D eigenvalue weighted by Gasteiger charge is -2.15. The fourth-order valence-corrected chi connectivity index (χ4v) is 2.63. The highest BCUT2D eigenvalue weighted by Gasteiger charge is 2.29.